The fourth-order valence-electron chi connectivity index (χ4n) is 1.93. The van der Waals surface area contributed by atoms with Gasteiger partial charge in [0.25, 0.3) is 5.56 Å². The van der Waals surface area contributed by atoms with Crippen LogP contribution in [0.1, 0.15) is 6.92 Å². The number of carbonyl (C=O) groups is 2. The van der Waals surface area contributed by atoms with Crippen molar-refractivity contribution in [3.05, 3.63) is 46.9 Å². The molecule has 0 atom stereocenters. The van der Waals surface area contributed by atoms with Crippen molar-refractivity contribution in [1.82, 2.24) is 9.55 Å². The molecule has 0 bridgehead atoms. The van der Waals surface area contributed by atoms with Crippen LogP contribution in [0.2, 0.25) is 0 Å². The Labute approximate surface area is 153 Å². The van der Waals surface area contributed by atoms with Crippen LogP contribution in [0.4, 0.5) is 5.69 Å². The van der Waals surface area contributed by atoms with Gasteiger partial charge in [-0.25, -0.2) is 0 Å². The molecular weight excluding hydrogens is 360 g/mol. The Balaban J connectivity index is 2.00. The molecule has 1 aromatic carbocycles. The first-order chi connectivity index (χ1) is 12.0. The topological polar surface area (TPSA) is 107 Å². The van der Waals surface area contributed by atoms with Crippen molar-refractivity contribution in [2.75, 3.05) is 16.8 Å². The smallest absolute Gasteiger partial charge is 0.273 e. The van der Waals surface area contributed by atoms with E-state index in [0.29, 0.717) is 17.4 Å². The van der Waals surface area contributed by atoms with E-state index in [1.807, 2.05) is 19.1 Å². The summed E-state index contributed by atoms with van der Waals surface area (Å²) in [5, 5.41) is 3.31. The Morgan fingerprint density at radius 1 is 1.20 bits per heavy atom. The van der Waals surface area contributed by atoms with Gasteiger partial charge in [0.2, 0.25) is 11.8 Å². The highest BCUT2D eigenvalue weighted by atomic mass is 32.2. The first kappa shape index (κ1) is 19.1. The molecule has 0 unspecified atom stereocenters. The van der Waals surface area contributed by atoms with E-state index in [0.717, 1.165) is 4.90 Å². The van der Waals surface area contributed by atoms with Crippen molar-refractivity contribution < 1.29 is 9.59 Å². The Hall–Kier alpha value is -2.26. The lowest BCUT2D eigenvalue weighted by Crippen LogP contribution is -2.18. The number of amides is 2. The fraction of sp³-hybridized carbons (Fsp3) is 0.250. The summed E-state index contributed by atoms with van der Waals surface area (Å²) in [6, 6.07) is 8.57. The second kappa shape index (κ2) is 9.28. The Morgan fingerprint density at radius 2 is 1.96 bits per heavy atom. The largest absolute Gasteiger partial charge is 0.369 e. The zero-order valence-corrected chi connectivity index (χ0v) is 15.2. The molecule has 3 N–H and O–H groups in total. The lowest BCUT2D eigenvalue weighted by Gasteiger charge is -2.11. The average Bonchev–Trinajstić information content (AvgIpc) is 2.59. The first-order valence-electron chi connectivity index (χ1n) is 7.50. The molecule has 0 radical (unpaired) electrons. The second-order valence-electron chi connectivity index (χ2n) is 4.92. The van der Waals surface area contributed by atoms with Crippen molar-refractivity contribution in [2.24, 2.45) is 5.73 Å². The number of aromatic nitrogens is 2. The number of nitrogens with two attached hydrogens (primary N) is 1. The number of para-hydroxylation sites is 1. The number of carbonyl (C=O) groups excluding carboxylic acids is 2. The van der Waals surface area contributed by atoms with Crippen molar-refractivity contribution in [3.63, 3.8) is 0 Å². The summed E-state index contributed by atoms with van der Waals surface area (Å²) in [5.41, 5.74) is 5.44. The van der Waals surface area contributed by atoms with E-state index in [4.69, 9.17) is 5.73 Å². The number of nitrogens with one attached hydrogen (secondary N) is 1. The number of nitrogens with zero attached hydrogens (tertiary/aromatic N) is 2. The van der Waals surface area contributed by atoms with E-state index in [2.05, 4.69) is 10.3 Å². The van der Waals surface area contributed by atoms with Crippen LogP contribution >= 0.6 is 23.5 Å². The number of rotatable bonds is 8. The van der Waals surface area contributed by atoms with Crippen LogP contribution in [0.15, 0.2) is 51.4 Å². The quantitative estimate of drug-likeness (QED) is 0.533. The van der Waals surface area contributed by atoms with Gasteiger partial charge in [0.05, 0.1) is 17.2 Å². The lowest BCUT2D eigenvalue weighted by molar-refractivity contribution is -0.115. The van der Waals surface area contributed by atoms with E-state index in [1.54, 1.807) is 22.9 Å². The molecule has 0 saturated carbocycles. The average molecular weight is 378 g/mol. The van der Waals surface area contributed by atoms with Crippen molar-refractivity contribution in [3.8, 4) is 0 Å². The molecule has 0 aliphatic rings. The Bertz CT molecular complexity index is 823. The summed E-state index contributed by atoms with van der Waals surface area (Å²) in [6.45, 7) is 2.59. The summed E-state index contributed by atoms with van der Waals surface area (Å²) < 4.78 is 1.80. The maximum Gasteiger partial charge on any atom is 0.273 e. The van der Waals surface area contributed by atoms with Crippen LogP contribution in [0.3, 0.4) is 0 Å². The van der Waals surface area contributed by atoms with Gasteiger partial charge in [-0.3, -0.25) is 14.4 Å². The zero-order valence-electron chi connectivity index (χ0n) is 13.6. The lowest BCUT2D eigenvalue weighted by atomic mass is 10.3. The van der Waals surface area contributed by atoms with E-state index >= 15 is 0 Å². The van der Waals surface area contributed by atoms with E-state index in [-0.39, 0.29) is 23.0 Å². The Kier molecular flexibility index (Phi) is 7.08. The molecule has 1 heterocycles. The standard InChI is InChI=1S/C16H18N4O3S2/c1-2-20-8-7-14(22)19-16(20)25-10-15(23)18-11-5-3-4-6-12(11)24-9-13(17)21/h3-8H,2,9-10H2,1H3,(H2,17,21)(H,18,23). The molecule has 9 heteroatoms. The molecule has 25 heavy (non-hydrogen) atoms. The minimum atomic E-state index is -0.422. The number of hydrogen-bond acceptors (Lipinski definition) is 6. The molecular formula is C16H18N4O3S2. The summed E-state index contributed by atoms with van der Waals surface area (Å²) in [5.74, 6) is -0.392. The fourth-order valence-corrected chi connectivity index (χ4v) is 3.52. The summed E-state index contributed by atoms with van der Waals surface area (Å²) in [7, 11) is 0. The van der Waals surface area contributed by atoms with Crippen molar-refractivity contribution in [2.45, 2.75) is 23.5 Å². The molecule has 0 spiro atoms. The van der Waals surface area contributed by atoms with Crippen LogP contribution < -0.4 is 16.6 Å². The van der Waals surface area contributed by atoms with Gasteiger partial charge >= 0.3 is 0 Å². The molecule has 0 aliphatic carbocycles. The molecule has 2 amide bonds. The molecule has 2 aromatic rings. The normalized spacial score (nSPS) is 10.4. The molecule has 0 aliphatic heterocycles. The number of hydrogen-bond donors (Lipinski definition) is 2. The number of benzene rings is 1. The minimum Gasteiger partial charge on any atom is -0.369 e. The maximum atomic E-state index is 12.2. The van der Waals surface area contributed by atoms with E-state index in [9.17, 15) is 14.4 Å². The Morgan fingerprint density at radius 3 is 2.68 bits per heavy atom. The van der Waals surface area contributed by atoms with Gasteiger partial charge in [0.15, 0.2) is 5.16 Å². The third-order valence-corrected chi connectivity index (χ3v) is 5.14. The first-order valence-corrected chi connectivity index (χ1v) is 9.47. The van der Waals surface area contributed by atoms with Crippen LogP contribution in [0.25, 0.3) is 0 Å². The number of aryl methyl sites for hydroxylation is 1. The van der Waals surface area contributed by atoms with Crippen LogP contribution in [0.5, 0.6) is 0 Å². The summed E-state index contributed by atoms with van der Waals surface area (Å²) >= 11 is 2.46. The predicted octanol–water partition coefficient (Wildman–Crippen LogP) is 1.57. The molecule has 1 aromatic heterocycles. The molecule has 2 rings (SSSR count). The minimum absolute atomic E-state index is 0.116. The van der Waals surface area contributed by atoms with Crippen molar-refractivity contribution in [1.29, 1.82) is 0 Å². The third-order valence-electron chi connectivity index (χ3n) is 3.05. The van der Waals surface area contributed by atoms with Gasteiger partial charge in [-0.1, -0.05) is 23.9 Å². The highest BCUT2D eigenvalue weighted by Crippen LogP contribution is 2.27. The van der Waals surface area contributed by atoms with Crippen LogP contribution in [-0.4, -0.2) is 32.9 Å². The number of anilines is 1. The van der Waals surface area contributed by atoms with Crippen LogP contribution in [-0.2, 0) is 16.1 Å². The van der Waals surface area contributed by atoms with Crippen molar-refractivity contribution >= 4 is 41.0 Å². The molecule has 0 fully saturated rings. The molecule has 132 valence electrons. The third kappa shape index (κ3) is 5.95. The zero-order chi connectivity index (χ0) is 18.2. The van der Waals surface area contributed by atoms with Crippen LogP contribution in [0, 0.1) is 0 Å². The van der Waals surface area contributed by atoms with E-state index in [1.165, 1.54) is 29.6 Å². The predicted molar refractivity (Wildman–Crippen MR) is 99.9 cm³/mol. The monoisotopic (exact) mass is 378 g/mol. The van der Waals surface area contributed by atoms with Gasteiger partial charge in [-0.05, 0) is 19.1 Å². The molecule has 7 nitrogen and oxygen atoms in total. The van der Waals surface area contributed by atoms with E-state index < -0.39 is 5.91 Å². The molecule has 0 saturated heterocycles. The van der Waals surface area contributed by atoms with Gasteiger partial charge in [0.1, 0.15) is 0 Å². The highest BCUT2D eigenvalue weighted by Gasteiger charge is 2.10. The van der Waals surface area contributed by atoms with Gasteiger partial charge in [-0.15, -0.1) is 11.8 Å². The SMILES string of the molecule is CCn1ccc(=O)nc1SCC(=O)Nc1ccccc1SCC(N)=O. The second-order valence-corrected chi connectivity index (χ2v) is 6.88. The number of primary amides is 1. The maximum absolute atomic E-state index is 12.2. The van der Waals surface area contributed by atoms with Gasteiger partial charge in [-0.2, -0.15) is 4.98 Å². The van der Waals surface area contributed by atoms with Gasteiger partial charge < -0.3 is 15.6 Å². The summed E-state index contributed by atoms with van der Waals surface area (Å²) in [4.78, 5) is 39.2. The summed E-state index contributed by atoms with van der Waals surface area (Å²) in [6.07, 6.45) is 1.66. The van der Waals surface area contributed by atoms with Gasteiger partial charge in [0, 0.05) is 23.7 Å². The number of thioether (sulfide) groups is 2. The highest BCUT2D eigenvalue weighted by molar-refractivity contribution is 8.00.